The lowest BCUT2D eigenvalue weighted by molar-refractivity contribution is -0.126. The van der Waals surface area contributed by atoms with Crippen LogP contribution in [0.3, 0.4) is 0 Å². The molecule has 2 amide bonds. The van der Waals surface area contributed by atoms with Gasteiger partial charge in [0.2, 0.25) is 11.8 Å². The second-order valence-corrected chi connectivity index (χ2v) is 6.51. The Kier molecular flexibility index (Phi) is 4.80. The zero-order valence-electron chi connectivity index (χ0n) is 11.9. The summed E-state index contributed by atoms with van der Waals surface area (Å²) in [6, 6.07) is 4.77. The molecule has 21 heavy (non-hydrogen) atoms. The molecule has 0 aliphatic heterocycles. The van der Waals surface area contributed by atoms with Crippen LogP contribution in [-0.4, -0.2) is 22.8 Å². The fourth-order valence-electron chi connectivity index (χ4n) is 1.89. The summed E-state index contributed by atoms with van der Waals surface area (Å²) in [5.41, 5.74) is 0.778. The Labute approximate surface area is 131 Å². The van der Waals surface area contributed by atoms with Crippen molar-refractivity contribution in [3.63, 3.8) is 0 Å². The van der Waals surface area contributed by atoms with E-state index < -0.39 is 6.04 Å². The van der Waals surface area contributed by atoms with E-state index in [1.54, 1.807) is 18.2 Å². The highest BCUT2D eigenvalue weighted by atomic mass is 35.5. The lowest BCUT2D eigenvalue weighted by Crippen LogP contribution is -2.46. The number of fused-ring (bicyclic) bond motifs is 1. The summed E-state index contributed by atoms with van der Waals surface area (Å²) in [7, 11) is 0. The SMILES string of the molecule is CC(=O)NC(C(=O)Nc1nc2ccc(Cl)cc2s1)C(C)C. The molecule has 0 radical (unpaired) electrons. The fraction of sp³-hybridized carbons (Fsp3) is 0.357. The number of nitrogens with one attached hydrogen (secondary N) is 2. The van der Waals surface area contributed by atoms with Crippen molar-refractivity contribution >= 4 is 50.1 Å². The molecular formula is C14H16ClN3O2S. The molecule has 1 atom stereocenters. The Morgan fingerprint density at radius 2 is 2.05 bits per heavy atom. The van der Waals surface area contributed by atoms with Crippen LogP contribution in [0.2, 0.25) is 5.02 Å². The van der Waals surface area contributed by atoms with Crippen LogP contribution in [0.25, 0.3) is 10.2 Å². The number of hydrogen-bond acceptors (Lipinski definition) is 4. The van der Waals surface area contributed by atoms with Gasteiger partial charge in [-0.2, -0.15) is 0 Å². The molecule has 0 aliphatic carbocycles. The number of nitrogens with zero attached hydrogens (tertiary/aromatic N) is 1. The summed E-state index contributed by atoms with van der Waals surface area (Å²) in [6.45, 7) is 5.14. The third-order valence-electron chi connectivity index (χ3n) is 2.89. The van der Waals surface area contributed by atoms with E-state index in [0.717, 1.165) is 10.2 Å². The van der Waals surface area contributed by atoms with Crippen molar-refractivity contribution in [3.8, 4) is 0 Å². The highest BCUT2D eigenvalue weighted by Gasteiger charge is 2.23. The Morgan fingerprint density at radius 3 is 2.67 bits per heavy atom. The summed E-state index contributed by atoms with van der Waals surface area (Å²) < 4.78 is 0.901. The number of thiazole rings is 1. The number of amides is 2. The molecule has 7 heteroatoms. The summed E-state index contributed by atoms with van der Waals surface area (Å²) in [5, 5.41) is 6.52. The van der Waals surface area contributed by atoms with Crippen LogP contribution >= 0.6 is 22.9 Å². The van der Waals surface area contributed by atoms with Gasteiger partial charge >= 0.3 is 0 Å². The summed E-state index contributed by atoms with van der Waals surface area (Å²) >= 11 is 7.27. The first-order chi connectivity index (χ1) is 9.86. The highest BCUT2D eigenvalue weighted by molar-refractivity contribution is 7.22. The van der Waals surface area contributed by atoms with Crippen molar-refractivity contribution in [2.75, 3.05) is 5.32 Å². The number of carbonyl (C=O) groups is 2. The van der Waals surface area contributed by atoms with Crippen LogP contribution in [0.5, 0.6) is 0 Å². The standard InChI is InChI=1S/C14H16ClN3O2S/c1-7(2)12(16-8(3)19)13(20)18-14-17-10-5-4-9(15)6-11(10)21-14/h4-7,12H,1-3H3,(H,16,19)(H,17,18,20). The lowest BCUT2D eigenvalue weighted by atomic mass is 10.0. The second kappa shape index (κ2) is 6.41. The Balaban J connectivity index is 2.17. The van der Waals surface area contributed by atoms with Crippen LogP contribution in [0.4, 0.5) is 5.13 Å². The predicted molar refractivity (Wildman–Crippen MR) is 85.7 cm³/mol. The molecule has 1 heterocycles. The van der Waals surface area contributed by atoms with Gasteiger partial charge in [-0.05, 0) is 24.1 Å². The van der Waals surface area contributed by atoms with Crippen molar-refractivity contribution < 1.29 is 9.59 Å². The second-order valence-electron chi connectivity index (χ2n) is 5.04. The molecule has 0 saturated heterocycles. The predicted octanol–water partition coefficient (Wildman–Crippen LogP) is 3.05. The highest BCUT2D eigenvalue weighted by Crippen LogP contribution is 2.28. The molecule has 2 aromatic rings. The Bertz CT molecular complexity index is 684. The van der Waals surface area contributed by atoms with Gasteiger partial charge in [-0.3, -0.25) is 9.59 Å². The Morgan fingerprint density at radius 1 is 1.33 bits per heavy atom. The van der Waals surface area contributed by atoms with Crippen LogP contribution in [0.15, 0.2) is 18.2 Å². The zero-order chi connectivity index (χ0) is 15.6. The third kappa shape index (κ3) is 3.92. The zero-order valence-corrected chi connectivity index (χ0v) is 13.5. The van der Waals surface area contributed by atoms with Gasteiger partial charge in [-0.25, -0.2) is 4.98 Å². The quantitative estimate of drug-likeness (QED) is 0.907. The first-order valence-corrected chi connectivity index (χ1v) is 7.70. The summed E-state index contributed by atoms with van der Waals surface area (Å²) in [4.78, 5) is 27.8. The van der Waals surface area contributed by atoms with E-state index in [0.29, 0.717) is 10.2 Å². The number of anilines is 1. The monoisotopic (exact) mass is 325 g/mol. The molecule has 5 nitrogen and oxygen atoms in total. The largest absolute Gasteiger partial charge is 0.344 e. The van der Waals surface area contributed by atoms with Crippen molar-refractivity contribution in [1.82, 2.24) is 10.3 Å². The minimum atomic E-state index is -0.585. The molecule has 2 N–H and O–H groups in total. The first-order valence-electron chi connectivity index (χ1n) is 6.51. The molecule has 112 valence electrons. The molecule has 0 bridgehead atoms. The fourth-order valence-corrected chi connectivity index (χ4v) is 3.03. The average molecular weight is 326 g/mol. The van der Waals surface area contributed by atoms with Gasteiger partial charge in [-0.1, -0.05) is 36.8 Å². The molecule has 0 saturated carbocycles. The van der Waals surface area contributed by atoms with Gasteiger partial charge in [-0.15, -0.1) is 0 Å². The van der Waals surface area contributed by atoms with Gasteiger partial charge in [0, 0.05) is 11.9 Å². The number of aromatic nitrogens is 1. The van der Waals surface area contributed by atoms with E-state index in [4.69, 9.17) is 11.6 Å². The van der Waals surface area contributed by atoms with Crippen molar-refractivity contribution in [3.05, 3.63) is 23.2 Å². The van der Waals surface area contributed by atoms with Crippen LogP contribution in [0.1, 0.15) is 20.8 Å². The number of halogens is 1. The van der Waals surface area contributed by atoms with E-state index in [9.17, 15) is 9.59 Å². The first kappa shape index (κ1) is 15.7. The summed E-state index contributed by atoms with van der Waals surface area (Å²) in [5.74, 6) is -0.525. The average Bonchev–Trinajstić information content (AvgIpc) is 2.76. The van der Waals surface area contributed by atoms with Gasteiger partial charge < -0.3 is 10.6 Å². The van der Waals surface area contributed by atoms with E-state index in [1.165, 1.54) is 18.3 Å². The molecule has 1 aromatic heterocycles. The van der Waals surface area contributed by atoms with Crippen molar-refractivity contribution in [1.29, 1.82) is 0 Å². The van der Waals surface area contributed by atoms with E-state index in [1.807, 2.05) is 13.8 Å². The maximum absolute atomic E-state index is 12.2. The van der Waals surface area contributed by atoms with E-state index in [2.05, 4.69) is 15.6 Å². The smallest absolute Gasteiger partial charge is 0.248 e. The number of benzene rings is 1. The maximum atomic E-state index is 12.2. The minimum absolute atomic E-state index is 0.0160. The van der Waals surface area contributed by atoms with Gasteiger partial charge in [0.15, 0.2) is 5.13 Å². The molecule has 1 unspecified atom stereocenters. The van der Waals surface area contributed by atoms with Crippen molar-refractivity contribution in [2.45, 2.75) is 26.8 Å². The number of rotatable bonds is 4. The van der Waals surface area contributed by atoms with Gasteiger partial charge in [0.05, 0.1) is 10.2 Å². The number of carbonyl (C=O) groups excluding carboxylic acids is 2. The van der Waals surface area contributed by atoms with Gasteiger partial charge in [0.25, 0.3) is 0 Å². The number of hydrogen-bond donors (Lipinski definition) is 2. The molecule has 1 aromatic carbocycles. The van der Waals surface area contributed by atoms with Crippen LogP contribution in [0, 0.1) is 5.92 Å². The van der Waals surface area contributed by atoms with Crippen LogP contribution in [-0.2, 0) is 9.59 Å². The third-order valence-corrected chi connectivity index (χ3v) is 4.06. The van der Waals surface area contributed by atoms with Gasteiger partial charge in [0.1, 0.15) is 6.04 Å². The molecule has 2 rings (SSSR count). The lowest BCUT2D eigenvalue weighted by Gasteiger charge is -2.19. The molecule has 0 fully saturated rings. The van der Waals surface area contributed by atoms with Crippen LogP contribution < -0.4 is 10.6 Å². The van der Waals surface area contributed by atoms with Crippen molar-refractivity contribution in [2.24, 2.45) is 5.92 Å². The van der Waals surface area contributed by atoms with E-state index >= 15 is 0 Å². The van der Waals surface area contributed by atoms with E-state index in [-0.39, 0.29) is 17.7 Å². The molecule has 0 aliphatic rings. The maximum Gasteiger partial charge on any atom is 0.248 e. The summed E-state index contributed by atoms with van der Waals surface area (Å²) in [6.07, 6.45) is 0. The topological polar surface area (TPSA) is 71.1 Å². The normalized spacial score (nSPS) is 12.4. The molecular weight excluding hydrogens is 310 g/mol. The molecule has 0 spiro atoms. The minimum Gasteiger partial charge on any atom is -0.344 e. The Hall–Kier alpha value is -1.66.